The number of halogens is 1. The largest absolute Gasteiger partial charge is 0.333 e. The van der Waals surface area contributed by atoms with Gasteiger partial charge in [0.15, 0.2) is 0 Å². The van der Waals surface area contributed by atoms with Crippen molar-refractivity contribution in [2.75, 3.05) is 18.0 Å². The third-order valence-corrected chi connectivity index (χ3v) is 5.46. The highest BCUT2D eigenvalue weighted by Crippen LogP contribution is 2.25. The van der Waals surface area contributed by atoms with Crippen LogP contribution in [0.5, 0.6) is 0 Å². The van der Waals surface area contributed by atoms with Gasteiger partial charge in [0.05, 0.1) is 6.04 Å². The summed E-state index contributed by atoms with van der Waals surface area (Å²) < 4.78 is 0. The number of urea groups is 1. The topological polar surface area (TPSA) is 52.7 Å². The smallest absolute Gasteiger partial charge is 0.317 e. The minimum absolute atomic E-state index is 0.0355. The van der Waals surface area contributed by atoms with Crippen LogP contribution in [0.1, 0.15) is 45.4 Å². The number of hydrogen-bond donors (Lipinski definition) is 1. The van der Waals surface area contributed by atoms with E-state index in [1.165, 1.54) is 19.3 Å². The number of anilines is 1. The zero-order valence-corrected chi connectivity index (χ0v) is 15.5. The number of nitrogens with one attached hydrogen (secondary N) is 1. The summed E-state index contributed by atoms with van der Waals surface area (Å²) in [6, 6.07) is 7.38. The van der Waals surface area contributed by atoms with Crippen molar-refractivity contribution in [1.82, 2.24) is 10.2 Å². The third-order valence-electron chi connectivity index (χ3n) is 5.21. The lowest BCUT2D eigenvalue weighted by Gasteiger charge is -2.34. The van der Waals surface area contributed by atoms with E-state index in [1.54, 1.807) is 17.0 Å². The third kappa shape index (κ3) is 4.27. The van der Waals surface area contributed by atoms with Crippen molar-refractivity contribution in [2.45, 2.75) is 57.5 Å². The first-order chi connectivity index (χ1) is 12.1. The molecule has 3 amide bonds. The summed E-state index contributed by atoms with van der Waals surface area (Å²) in [7, 11) is 0. The van der Waals surface area contributed by atoms with Crippen LogP contribution in [0.15, 0.2) is 24.3 Å². The molecule has 1 atom stereocenters. The molecular weight excluding hydrogens is 338 g/mol. The second-order valence-corrected chi connectivity index (χ2v) is 7.35. The first-order valence-corrected chi connectivity index (χ1v) is 9.59. The van der Waals surface area contributed by atoms with Crippen molar-refractivity contribution in [3.05, 3.63) is 29.3 Å². The van der Waals surface area contributed by atoms with Crippen molar-refractivity contribution in [2.24, 2.45) is 0 Å². The Bertz CT molecular complexity index is 614. The minimum Gasteiger partial charge on any atom is -0.333 e. The fourth-order valence-electron chi connectivity index (χ4n) is 3.89. The van der Waals surface area contributed by atoms with Crippen LogP contribution in [0.25, 0.3) is 0 Å². The lowest BCUT2D eigenvalue weighted by atomic mass is 9.94. The maximum atomic E-state index is 12.7. The molecule has 0 spiro atoms. The van der Waals surface area contributed by atoms with Crippen molar-refractivity contribution in [1.29, 1.82) is 0 Å². The second-order valence-electron chi connectivity index (χ2n) is 6.91. The molecule has 0 bridgehead atoms. The van der Waals surface area contributed by atoms with E-state index in [1.807, 2.05) is 24.0 Å². The van der Waals surface area contributed by atoms with E-state index in [4.69, 9.17) is 11.6 Å². The van der Waals surface area contributed by atoms with Gasteiger partial charge in [0, 0.05) is 36.3 Å². The molecule has 6 heteroatoms. The summed E-state index contributed by atoms with van der Waals surface area (Å²) in [5.74, 6) is 0.0355. The highest BCUT2D eigenvalue weighted by molar-refractivity contribution is 6.30. The highest BCUT2D eigenvalue weighted by atomic mass is 35.5. The number of benzene rings is 1. The van der Waals surface area contributed by atoms with Crippen LogP contribution in [0.4, 0.5) is 10.5 Å². The van der Waals surface area contributed by atoms with Gasteiger partial charge >= 0.3 is 6.03 Å². The van der Waals surface area contributed by atoms with Gasteiger partial charge in [-0.25, -0.2) is 4.79 Å². The molecule has 5 nitrogen and oxygen atoms in total. The van der Waals surface area contributed by atoms with Crippen molar-refractivity contribution in [3.63, 3.8) is 0 Å². The van der Waals surface area contributed by atoms with E-state index < -0.39 is 0 Å². The minimum atomic E-state index is -0.145. The van der Waals surface area contributed by atoms with Crippen LogP contribution in [-0.2, 0) is 4.79 Å². The first-order valence-electron chi connectivity index (χ1n) is 9.21. The van der Waals surface area contributed by atoms with E-state index in [9.17, 15) is 9.59 Å². The van der Waals surface area contributed by atoms with E-state index in [2.05, 4.69) is 5.32 Å². The Labute approximate surface area is 154 Å². The summed E-state index contributed by atoms with van der Waals surface area (Å²) in [5, 5.41) is 3.71. The summed E-state index contributed by atoms with van der Waals surface area (Å²) in [6.07, 6.45) is 6.17. The molecule has 2 aliphatic rings. The average molecular weight is 364 g/mol. The molecule has 0 aromatic heterocycles. The predicted molar refractivity (Wildman–Crippen MR) is 100.0 cm³/mol. The van der Waals surface area contributed by atoms with Crippen LogP contribution in [0.2, 0.25) is 5.02 Å². The van der Waals surface area contributed by atoms with Gasteiger partial charge < -0.3 is 15.1 Å². The monoisotopic (exact) mass is 363 g/mol. The van der Waals surface area contributed by atoms with Crippen molar-refractivity contribution >= 4 is 29.2 Å². The van der Waals surface area contributed by atoms with Gasteiger partial charge in [-0.15, -0.1) is 0 Å². The molecule has 25 heavy (non-hydrogen) atoms. The Morgan fingerprint density at radius 3 is 2.56 bits per heavy atom. The molecule has 1 aromatic rings. The number of nitrogens with zero attached hydrogens (tertiary/aromatic N) is 2. The molecule has 1 N–H and O–H groups in total. The summed E-state index contributed by atoms with van der Waals surface area (Å²) in [4.78, 5) is 28.7. The second kappa shape index (κ2) is 8.09. The fraction of sp³-hybridized carbons (Fsp3) is 0.579. The van der Waals surface area contributed by atoms with E-state index in [0.717, 1.165) is 18.5 Å². The highest BCUT2D eigenvalue weighted by Gasteiger charge is 2.33. The number of carbonyl (C=O) groups excluding carboxylic acids is 2. The molecule has 1 unspecified atom stereocenters. The molecule has 1 heterocycles. The normalized spacial score (nSPS) is 21.4. The average Bonchev–Trinajstić information content (AvgIpc) is 2.97. The van der Waals surface area contributed by atoms with Gasteiger partial charge in [-0.05, 0) is 44.0 Å². The molecule has 1 aliphatic carbocycles. The Morgan fingerprint density at radius 2 is 1.92 bits per heavy atom. The Kier molecular flexibility index (Phi) is 5.84. The fourth-order valence-corrected chi connectivity index (χ4v) is 4.02. The van der Waals surface area contributed by atoms with Gasteiger partial charge in [0.25, 0.3) is 0 Å². The summed E-state index contributed by atoms with van der Waals surface area (Å²) >= 11 is 5.91. The molecule has 0 radical (unpaired) electrons. The van der Waals surface area contributed by atoms with E-state index in [0.29, 0.717) is 30.6 Å². The lowest BCUT2D eigenvalue weighted by Crippen LogP contribution is -2.50. The maximum Gasteiger partial charge on any atom is 0.317 e. The molecule has 2 fully saturated rings. The van der Waals surface area contributed by atoms with Crippen LogP contribution in [-0.4, -0.2) is 42.0 Å². The number of rotatable bonds is 4. The summed E-state index contributed by atoms with van der Waals surface area (Å²) in [5.41, 5.74) is 0.825. The number of hydrogen-bond acceptors (Lipinski definition) is 2. The lowest BCUT2D eigenvalue weighted by molar-refractivity contribution is -0.117. The van der Waals surface area contributed by atoms with Gasteiger partial charge in [0.1, 0.15) is 0 Å². The van der Waals surface area contributed by atoms with Crippen LogP contribution in [0, 0.1) is 0 Å². The van der Waals surface area contributed by atoms with E-state index >= 15 is 0 Å². The Morgan fingerprint density at radius 1 is 1.24 bits per heavy atom. The first kappa shape index (κ1) is 18.1. The molecule has 1 saturated carbocycles. The quantitative estimate of drug-likeness (QED) is 0.884. The number of amides is 3. The van der Waals surface area contributed by atoms with Gasteiger partial charge in [-0.3, -0.25) is 4.79 Å². The molecule has 136 valence electrons. The summed E-state index contributed by atoms with van der Waals surface area (Å²) in [6.45, 7) is 3.24. The Balaban J connectivity index is 1.60. The molecular formula is C19H26ClN3O2. The number of carbonyl (C=O) groups is 2. The molecule has 1 saturated heterocycles. The maximum absolute atomic E-state index is 12.7. The van der Waals surface area contributed by atoms with Crippen LogP contribution >= 0.6 is 11.6 Å². The van der Waals surface area contributed by atoms with Crippen LogP contribution < -0.4 is 10.2 Å². The van der Waals surface area contributed by atoms with E-state index in [-0.39, 0.29) is 18.0 Å². The molecule has 1 aromatic carbocycles. The predicted octanol–water partition coefficient (Wildman–Crippen LogP) is 3.81. The molecule has 1 aliphatic heterocycles. The Hall–Kier alpha value is -1.75. The standard InChI is InChI=1S/C19H26ClN3O2/c1-2-22(16-6-4-3-5-7-16)19(25)21-15-12-18(24)23(13-15)17-10-8-14(20)9-11-17/h8-11,15-16H,2-7,12-13H2,1H3,(H,21,25). The van der Waals surface area contributed by atoms with Crippen LogP contribution in [0.3, 0.4) is 0 Å². The zero-order valence-electron chi connectivity index (χ0n) is 14.7. The van der Waals surface area contributed by atoms with Crippen molar-refractivity contribution in [3.8, 4) is 0 Å². The van der Waals surface area contributed by atoms with Gasteiger partial charge in [-0.2, -0.15) is 0 Å². The van der Waals surface area contributed by atoms with Gasteiger partial charge in [-0.1, -0.05) is 30.9 Å². The van der Waals surface area contributed by atoms with Gasteiger partial charge in [0.2, 0.25) is 5.91 Å². The van der Waals surface area contributed by atoms with Crippen molar-refractivity contribution < 1.29 is 9.59 Å². The molecule has 3 rings (SSSR count). The zero-order chi connectivity index (χ0) is 17.8. The SMILES string of the molecule is CCN(C(=O)NC1CC(=O)N(c2ccc(Cl)cc2)C1)C1CCCCC1.